The normalized spacial score (nSPS) is 16.5. The van der Waals surface area contributed by atoms with Crippen LogP contribution in [0.1, 0.15) is 26.2 Å². The van der Waals surface area contributed by atoms with Crippen LogP contribution >= 0.6 is 0 Å². The number of benzene rings is 2. The molecule has 31 heavy (non-hydrogen) atoms. The summed E-state index contributed by atoms with van der Waals surface area (Å²) in [4.78, 5) is 14.8. The van der Waals surface area contributed by atoms with Gasteiger partial charge in [-0.3, -0.25) is 9.89 Å². The molecule has 5 rings (SSSR count). The van der Waals surface area contributed by atoms with E-state index in [-0.39, 0.29) is 11.9 Å². The molecular weight excluding hydrogens is 392 g/mol. The van der Waals surface area contributed by atoms with Gasteiger partial charge in [0.25, 0.3) is 0 Å². The Balaban J connectivity index is 1.55. The van der Waals surface area contributed by atoms with Gasteiger partial charge in [0.15, 0.2) is 0 Å². The standard InChI is InChI=1S/C22H24N8O/c1-2-20(31)30(17-7-4-10-23-13-17)16-6-3-5-14(11-16)21-18-12-15(22-26-28-29-27-22)8-9-19(18)24-25-21/h3,5-6,8-9,11-12,17,23H,2,4,7,10,13H2,1H3,(H,24,25)(H,26,27,28,29). The van der Waals surface area contributed by atoms with Crippen molar-refractivity contribution in [3.05, 3.63) is 42.5 Å². The van der Waals surface area contributed by atoms with Crippen LogP contribution in [-0.2, 0) is 4.79 Å². The number of carbonyl (C=O) groups is 1. The first kappa shape index (κ1) is 19.4. The van der Waals surface area contributed by atoms with Gasteiger partial charge in [-0.1, -0.05) is 19.1 Å². The highest BCUT2D eigenvalue weighted by molar-refractivity contribution is 5.98. The van der Waals surface area contributed by atoms with Gasteiger partial charge in [0.05, 0.1) is 11.2 Å². The van der Waals surface area contributed by atoms with Gasteiger partial charge in [-0.15, -0.1) is 10.2 Å². The molecule has 1 saturated heterocycles. The predicted molar refractivity (Wildman–Crippen MR) is 118 cm³/mol. The van der Waals surface area contributed by atoms with Gasteiger partial charge in [0.1, 0.15) is 0 Å². The van der Waals surface area contributed by atoms with Crippen LogP contribution < -0.4 is 10.2 Å². The molecule has 1 aliphatic heterocycles. The van der Waals surface area contributed by atoms with Crippen LogP contribution in [0.25, 0.3) is 33.5 Å². The van der Waals surface area contributed by atoms with Crippen molar-refractivity contribution in [2.24, 2.45) is 0 Å². The zero-order valence-electron chi connectivity index (χ0n) is 17.3. The highest BCUT2D eigenvalue weighted by atomic mass is 16.2. The van der Waals surface area contributed by atoms with E-state index in [0.29, 0.717) is 12.2 Å². The number of aromatic amines is 2. The van der Waals surface area contributed by atoms with Gasteiger partial charge in [-0.25, -0.2) is 0 Å². The molecule has 0 spiro atoms. The van der Waals surface area contributed by atoms with Crippen molar-refractivity contribution >= 4 is 22.5 Å². The fourth-order valence-electron chi connectivity index (χ4n) is 4.24. The highest BCUT2D eigenvalue weighted by Crippen LogP contribution is 2.32. The van der Waals surface area contributed by atoms with Gasteiger partial charge in [0, 0.05) is 41.2 Å². The number of fused-ring (bicyclic) bond motifs is 1. The zero-order valence-corrected chi connectivity index (χ0v) is 17.3. The lowest BCUT2D eigenvalue weighted by molar-refractivity contribution is -0.118. The Morgan fingerprint density at radius 1 is 1.16 bits per heavy atom. The lowest BCUT2D eigenvalue weighted by Gasteiger charge is -2.35. The van der Waals surface area contributed by atoms with Crippen LogP contribution in [-0.4, -0.2) is 55.9 Å². The summed E-state index contributed by atoms with van der Waals surface area (Å²) < 4.78 is 0. The second-order valence-corrected chi connectivity index (χ2v) is 7.74. The van der Waals surface area contributed by atoms with Gasteiger partial charge in [-0.05, 0) is 54.9 Å². The highest BCUT2D eigenvalue weighted by Gasteiger charge is 2.26. The van der Waals surface area contributed by atoms with E-state index in [1.54, 1.807) is 0 Å². The van der Waals surface area contributed by atoms with E-state index in [1.807, 2.05) is 48.2 Å². The van der Waals surface area contributed by atoms with Crippen molar-refractivity contribution in [3.8, 4) is 22.6 Å². The maximum absolute atomic E-state index is 12.9. The third-order valence-corrected chi connectivity index (χ3v) is 5.77. The molecule has 1 fully saturated rings. The summed E-state index contributed by atoms with van der Waals surface area (Å²) in [5.74, 6) is 0.671. The van der Waals surface area contributed by atoms with Crippen LogP contribution in [0.15, 0.2) is 42.5 Å². The van der Waals surface area contributed by atoms with Crippen molar-refractivity contribution in [1.82, 2.24) is 36.1 Å². The van der Waals surface area contributed by atoms with Crippen LogP contribution in [0, 0.1) is 0 Å². The lowest BCUT2D eigenvalue weighted by Crippen LogP contribution is -2.48. The smallest absolute Gasteiger partial charge is 0.227 e. The molecule has 4 aromatic rings. The van der Waals surface area contributed by atoms with E-state index < -0.39 is 0 Å². The average Bonchev–Trinajstić information content (AvgIpc) is 3.50. The fraction of sp³-hybridized carbons (Fsp3) is 0.318. The number of tetrazole rings is 1. The number of amides is 1. The Bertz CT molecular complexity index is 1190. The Labute approximate surface area is 179 Å². The maximum atomic E-state index is 12.9. The largest absolute Gasteiger partial charge is 0.315 e. The number of carbonyl (C=O) groups excluding carboxylic acids is 1. The van der Waals surface area contributed by atoms with Crippen LogP contribution in [0.5, 0.6) is 0 Å². The van der Waals surface area contributed by atoms with Crippen molar-refractivity contribution in [1.29, 1.82) is 0 Å². The third kappa shape index (κ3) is 3.68. The first-order valence-corrected chi connectivity index (χ1v) is 10.6. The Morgan fingerprint density at radius 2 is 2.10 bits per heavy atom. The third-order valence-electron chi connectivity index (χ3n) is 5.77. The summed E-state index contributed by atoms with van der Waals surface area (Å²) in [6.07, 6.45) is 2.54. The summed E-state index contributed by atoms with van der Waals surface area (Å²) in [5.41, 5.74) is 4.46. The lowest BCUT2D eigenvalue weighted by atomic mass is 10.0. The van der Waals surface area contributed by atoms with E-state index in [2.05, 4.69) is 42.2 Å². The van der Waals surface area contributed by atoms with Crippen molar-refractivity contribution in [3.63, 3.8) is 0 Å². The summed E-state index contributed by atoms with van der Waals surface area (Å²) >= 11 is 0. The molecule has 9 heteroatoms. The molecule has 158 valence electrons. The minimum atomic E-state index is 0.136. The van der Waals surface area contributed by atoms with Gasteiger partial charge in [-0.2, -0.15) is 10.3 Å². The SMILES string of the molecule is CCC(=O)N(c1cccc(-c2n[nH]c3ccc(-c4nn[nH]n4)cc23)c1)C1CCCNC1. The Hall–Kier alpha value is -3.59. The van der Waals surface area contributed by atoms with Crippen LogP contribution in [0.3, 0.4) is 0 Å². The topological polar surface area (TPSA) is 115 Å². The predicted octanol–water partition coefficient (Wildman–Crippen LogP) is 2.91. The fourth-order valence-corrected chi connectivity index (χ4v) is 4.24. The van der Waals surface area contributed by atoms with Gasteiger partial charge >= 0.3 is 0 Å². The second kappa shape index (κ2) is 8.27. The first-order chi connectivity index (χ1) is 15.2. The van der Waals surface area contributed by atoms with E-state index in [0.717, 1.165) is 59.3 Å². The molecule has 2 aromatic heterocycles. The number of H-pyrrole nitrogens is 2. The monoisotopic (exact) mass is 416 g/mol. The van der Waals surface area contributed by atoms with Crippen LogP contribution in [0.4, 0.5) is 5.69 Å². The molecule has 1 unspecified atom stereocenters. The molecule has 0 radical (unpaired) electrons. The second-order valence-electron chi connectivity index (χ2n) is 7.74. The average molecular weight is 416 g/mol. The van der Waals surface area contributed by atoms with E-state index in [9.17, 15) is 4.79 Å². The number of piperidine rings is 1. The van der Waals surface area contributed by atoms with Gasteiger partial charge in [0.2, 0.25) is 11.7 Å². The number of hydrogen-bond donors (Lipinski definition) is 3. The molecule has 1 aliphatic rings. The quantitative estimate of drug-likeness (QED) is 0.461. The molecular formula is C22H24N8O. The minimum Gasteiger partial charge on any atom is -0.315 e. The molecule has 2 aromatic carbocycles. The van der Waals surface area contributed by atoms with Crippen molar-refractivity contribution in [2.75, 3.05) is 18.0 Å². The van der Waals surface area contributed by atoms with Crippen molar-refractivity contribution in [2.45, 2.75) is 32.2 Å². The summed E-state index contributed by atoms with van der Waals surface area (Å²) in [6.45, 7) is 3.73. The van der Waals surface area contributed by atoms with Gasteiger partial charge < -0.3 is 10.2 Å². The molecule has 3 N–H and O–H groups in total. The van der Waals surface area contributed by atoms with E-state index >= 15 is 0 Å². The molecule has 1 atom stereocenters. The summed E-state index contributed by atoms with van der Waals surface area (Å²) in [5, 5.41) is 26.3. The summed E-state index contributed by atoms with van der Waals surface area (Å²) in [7, 11) is 0. The summed E-state index contributed by atoms with van der Waals surface area (Å²) in [6, 6.07) is 14.1. The Morgan fingerprint density at radius 3 is 2.87 bits per heavy atom. The maximum Gasteiger partial charge on any atom is 0.227 e. The minimum absolute atomic E-state index is 0.136. The van der Waals surface area contributed by atoms with Crippen LogP contribution in [0.2, 0.25) is 0 Å². The number of aromatic nitrogens is 6. The molecule has 0 aliphatic carbocycles. The van der Waals surface area contributed by atoms with E-state index in [4.69, 9.17) is 0 Å². The van der Waals surface area contributed by atoms with Crippen molar-refractivity contribution < 1.29 is 4.79 Å². The van der Waals surface area contributed by atoms with E-state index in [1.165, 1.54) is 0 Å². The number of nitrogens with one attached hydrogen (secondary N) is 3. The zero-order chi connectivity index (χ0) is 21.2. The molecule has 9 nitrogen and oxygen atoms in total. The molecule has 0 bridgehead atoms. The Kier molecular flexibility index (Phi) is 5.17. The number of nitrogens with zero attached hydrogens (tertiary/aromatic N) is 5. The molecule has 0 saturated carbocycles. The number of hydrogen-bond acceptors (Lipinski definition) is 6. The first-order valence-electron chi connectivity index (χ1n) is 10.6. The number of anilines is 1. The molecule has 1 amide bonds. The number of rotatable bonds is 5. The molecule has 3 heterocycles.